The second-order valence-corrected chi connectivity index (χ2v) is 3.24. The third kappa shape index (κ3) is 2.17. The van der Waals surface area contributed by atoms with Gasteiger partial charge in [-0.3, -0.25) is 9.59 Å². The van der Waals surface area contributed by atoms with Gasteiger partial charge in [-0.1, -0.05) is 18.2 Å². The van der Waals surface area contributed by atoms with Crippen molar-refractivity contribution in [2.75, 3.05) is 5.32 Å². The number of aromatic nitrogens is 1. The Kier molecular flexibility index (Phi) is 2.82. The summed E-state index contributed by atoms with van der Waals surface area (Å²) in [5.41, 5.74) is 0.546. The van der Waals surface area contributed by atoms with Gasteiger partial charge in [0.15, 0.2) is 0 Å². The summed E-state index contributed by atoms with van der Waals surface area (Å²) in [5.74, 6) is -0.294. The minimum absolute atomic E-state index is 0.219. The summed E-state index contributed by atoms with van der Waals surface area (Å²) in [7, 11) is 0. The average molecular weight is 214 g/mol. The molecule has 0 bridgehead atoms. The van der Waals surface area contributed by atoms with Crippen molar-refractivity contribution in [1.82, 2.24) is 4.98 Å². The van der Waals surface area contributed by atoms with Gasteiger partial charge in [-0.15, -0.1) is 0 Å². The summed E-state index contributed by atoms with van der Waals surface area (Å²) in [4.78, 5) is 25.8. The van der Waals surface area contributed by atoms with E-state index in [4.69, 9.17) is 0 Å². The van der Waals surface area contributed by atoms with Crippen molar-refractivity contribution in [3.05, 3.63) is 64.6 Å². The predicted octanol–water partition coefficient (Wildman–Crippen LogP) is 1.63. The van der Waals surface area contributed by atoms with E-state index >= 15 is 0 Å². The van der Waals surface area contributed by atoms with E-state index < -0.39 is 0 Å². The zero-order chi connectivity index (χ0) is 11.4. The van der Waals surface area contributed by atoms with Crippen LogP contribution in [0.15, 0.2) is 53.6 Å². The van der Waals surface area contributed by atoms with E-state index in [1.54, 1.807) is 24.3 Å². The van der Waals surface area contributed by atoms with E-state index in [1.165, 1.54) is 18.5 Å². The maximum absolute atomic E-state index is 11.7. The SMILES string of the molecule is O=C(Nc1c[nH]ccc1=O)c1ccccc1. The van der Waals surface area contributed by atoms with Gasteiger partial charge in [-0.25, -0.2) is 0 Å². The molecule has 4 heteroatoms. The summed E-state index contributed by atoms with van der Waals surface area (Å²) >= 11 is 0. The van der Waals surface area contributed by atoms with Crippen molar-refractivity contribution in [1.29, 1.82) is 0 Å². The van der Waals surface area contributed by atoms with E-state index in [2.05, 4.69) is 10.3 Å². The molecule has 16 heavy (non-hydrogen) atoms. The first-order chi connectivity index (χ1) is 7.77. The lowest BCUT2D eigenvalue weighted by molar-refractivity contribution is 0.102. The monoisotopic (exact) mass is 214 g/mol. The highest BCUT2D eigenvalue weighted by Crippen LogP contribution is 2.02. The Morgan fingerprint density at radius 3 is 2.56 bits per heavy atom. The first-order valence-corrected chi connectivity index (χ1v) is 4.81. The largest absolute Gasteiger partial charge is 0.366 e. The molecule has 2 N–H and O–H groups in total. The van der Waals surface area contributed by atoms with Gasteiger partial charge in [0.25, 0.3) is 5.91 Å². The van der Waals surface area contributed by atoms with Crippen LogP contribution in [0.1, 0.15) is 10.4 Å². The second kappa shape index (κ2) is 4.44. The summed E-state index contributed by atoms with van der Waals surface area (Å²) < 4.78 is 0. The molecule has 1 aromatic carbocycles. The number of rotatable bonds is 2. The van der Waals surface area contributed by atoms with Crippen LogP contribution >= 0.6 is 0 Å². The molecular formula is C12H10N2O2. The first kappa shape index (κ1) is 10.2. The molecule has 80 valence electrons. The van der Waals surface area contributed by atoms with Crippen molar-refractivity contribution >= 4 is 11.6 Å². The molecule has 1 amide bonds. The summed E-state index contributed by atoms with van der Waals surface area (Å²) in [6.07, 6.45) is 2.98. The molecule has 0 aliphatic rings. The molecular weight excluding hydrogens is 204 g/mol. The van der Waals surface area contributed by atoms with Gasteiger partial charge in [-0.05, 0) is 12.1 Å². The highest BCUT2D eigenvalue weighted by Gasteiger charge is 2.06. The molecule has 2 aromatic rings. The number of aromatic amines is 1. The molecule has 0 saturated carbocycles. The lowest BCUT2D eigenvalue weighted by atomic mass is 10.2. The van der Waals surface area contributed by atoms with Gasteiger partial charge < -0.3 is 10.3 Å². The van der Waals surface area contributed by atoms with Crippen LogP contribution in [0.25, 0.3) is 0 Å². The number of H-pyrrole nitrogens is 1. The van der Waals surface area contributed by atoms with Crippen molar-refractivity contribution < 1.29 is 4.79 Å². The minimum atomic E-state index is -0.294. The Morgan fingerprint density at radius 2 is 1.88 bits per heavy atom. The van der Waals surface area contributed by atoms with Crippen molar-refractivity contribution in [2.24, 2.45) is 0 Å². The Hall–Kier alpha value is -2.36. The number of hydrogen-bond acceptors (Lipinski definition) is 2. The van der Waals surface area contributed by atoms with Crippen molar-refractivity contribution in [3.63, 3.8) is 0 Å². The average Bonchev–Trinajstić information content (AvgIpc) is 2.33. The lowest BCUT2D eigenvalue weighted by Crippen LogP contribution is -2.17. The van der Waals surface area contributed by atoms with Gasteiger partial charge in [-0.2, -0.15) is 0 Å². The Morgan fingerprint density at radius 1 is 1.12 bits per heavy atom. The molecule has 0 radical (unpaired) electrons. The van der Waals surface area contributed by atoms with E-state index in [0.29, 0.717) is 5.56 Å². The Balaban J connectivity index is 2.21. The number of carbonyl (C=O) groups excluding carboxylic acids is 1. The van der Waals surface area contributed by atoms with E-state index in [1.807, 2.05) is 6.07 Å². The van der Waals surface area contributed by atoms with Gasteiger partial charge >= 0.3 is 0 Å². The fraction of sp³-hybridized carbons (Fsp3) is 0. The first-order valence-electron chi connectivity index (χ1n) is 4.81. The number of pyridine rings is 1. The number of anilines is 1. The van der Waals surface area contributed by atoms with Crippen LogP contribution in [0.3, 0.4) is 0 Å². The fourth-order valence-corrected chi connectivity index (χ4v) is 1.30. The van der Waals surface area contributed by atoms with Crippen molar-refractivity contribution in [3.8, 4) is 0 Å². The highest BCUT2D eigenvalue weighted by atomic mass is 16.2. The van der Waals surface area contributed by atoms with Crippen LogP contribution in [0.5, 0.6) is 0 Å². The van der Waals surface area contributed by atoms with E-state index in [-0.39, 0.29) is 17.0 Å². The van der Waals surface area contributed by atoms with Crippen LogP contribution in [0, 0.1) is 0 Å². The molecule has 0 aliphatic carbocycles. The zero-order valence-corrected chi connectivity index (χ0v) is 8.44. The Bertz CT molecular complexity index is 546. The lowest BCUT2D eigenvalue weighted by Gasteiger charge is -2.03. The number of carbonyl (C=O) groups is 1. The highest BCUT2D eigenvalue weighted by molar-refractivity contribution is 6.04. The molecule has 4 nitrogen and oxygen atoms in total. The van der Waals surface area contributed by atoms with E-state index in [9.17, 15) is 9.59 Å². The summed E-state index contributed by atoms with van der Waals surface area (Å²) in [6.45, 7) is 0. The standard InChI is InChI=1S/C12H10N2O2/c15-11-6-7-13-8-10(11)14-12(16)9-4-2-1-3-5-9/h1-8H,(H,13,15)(H,14,16). The van der Waals surface area contributed by atoms with Crippen LogP contribution in [-0.4, -0.2) is 10.9 Å². The molecule has 0 atom stereocenters. The van der Waals surface area contributed by atoms with Gasteiger partial charge in [0.2, 0.25) is 5.43 Å². The molecule has 1 heterocycles. The fourth-order valence-electron chi connectivity index (χ4n) is 1.30. The van der Waals surface area contributed by atoms with E-state index in [0.717, 1.165) is 0 Å². The number of nitrogens with one attached hydrogen (secondary N) is 2. The third-order valence-corrected chi connectivity index (χ3v) is 2.11. The number of hydrogen-bond donors (Lipinski definition) is 2. The molecule has 1 aromatic heterocycles. The number of amides is 1. The summed E-state index contributed by atoms with van der Waals surface area (Å²) in [5, 5.41) is 2.54. The number of benzene rings is 1. The second-order valence-electron chi connectivity index (χ2n) is 3.24. The molecule has 0 saturated heterocycles. The maximum atomic E-state index is 11.7. The maximum Gasteiger partial charge on any atom is 0.255 e. The molecule has 0 fully saturated rings. The van der Waals surface area contributed by atoms with Crippen LogP contribution in [0.4, 0.5) is 5.69 Å². The predicted molar refractivity (Wildman–Crippen MR) is 61.5 cm³/mol. The normalized spacial score (nSPS) is 9.75. The van der Waals surface area contributed by atoms with Gasteiger partial charge in [0.1, 0.15) is 5.69 Å². The molecule has 0 spiro atoms. The van der Waals surface area contributed by atoms with Crippen LogP contribution in [-0.2, 0) is 0 Å². The molecule has 0 unspecified atom stereocenters. The summed E-state index contributed by atoms with van der Waals surface area (Å²) in [6, 6.07) is 10.1. The minimum Gasteiger partial charge on any atom is -0.366 e. The van der Waals surface area contributed by atoms with Crippen LogP contribution in [0.2, 0.25) is 0 Å². The van der Waals surface area contributed by atoms with Crippen LogP contribution < -0.4 is 10.7 Å². The van der Waals surface area contributed by atoms with Crippen molar-refractivity contribution in [2.45, 2.75) is 0 Å². The molecule has 0 aliphatic heterocycles. The quantitative estimate of drug-likeness (QED) is 0.798. The third-order valence-electron chi connectivity index (χ3n) is 2.11. The zero-order valence-electron chi connectivity index (χ0n) is 8.44. The smallest absolute Gasteiger partial charge is 0.255 e. The Labute approximate surface area is 91.9 Å². The topological polar surface area (TPSA) is 62.0 Å². The molecule has 2 rings (SSSR count). The van der Waals surface area contributed by atoms with Gasteiger partial charge in [0, 0.05) is 24.0 Å². The van der Waals surface area contributed by atoms with Gasteiger partial charge in [0.05, 0.1) is 0 Å².